The summed E-state index contributed by atoms with van der Waals surface area (Å²) in [5, 5.41) is 21.3. The largest absolute Gasteiger partial charge is 0.478 e. The Hall–Kier alpha value is -2.64. The number of aromatic carboxylic acids is 1. The zero-order valence-electron chi connectivity index (χ0n) is 7.84. The number of hydrogen-bond donors (Lipinski definition) is 3. The van der Waals surface area contributed by atoms with Crippen LogP contribution >= 0.6 is 0 Å². The lowest BCUT2D eigenvalue weighted by Gasteiger charge is -2.03. The van der Waals surface area contributed by atoms with Gasteiger partial charge in [-0.15, -0.1) is 0 Å². The van der Waals surface area contributed by atoms with Crippen molar-refractivity contribution in [1.82, 2.24) is 0 Å². The summed E-state index contributed by atoms with van der Waals surface area (Å²) in [4.78, 5) is 30.9. The Morgan fingerprint density at radius 3 is 2.50 bits per heavy atom. The first kappa shape index (κ1) is 11.4. The van der Waals surface area contributed by atoms with Gasteiger partial charge in [-0.05, 0) is 12.1 Å². The van der Waals surface area contributed by atoms with Gasteiger partial charge in [0.15, 0.2) is 0 Å². The predicted octanol–water partition coefficient (Wildman–Crippen LogP) is 0.784. The predicted molar refractivity (Wildman–Crippen MR) is 53.3 cm³/mol. The first-order chi connectivity index (χ1) is 7.41. The third-order valence-electron chi connectivity index (χ3n) is 1.70. The molecule has 8 nitrogen and oxygen atoms in total. The molecular formula is C8H7N3O5. The molecule has 1 aromatic rings. The second-order valence-electron chi connectivity index (χ2n) is 2.78. The molecule has 0 aliphatic carbocycles. The van der Waals surface area contributed by atoms with E-state index in [0.29, 0.717) is 0 Å². The Balaban J connectivity index is 3.24. The summed E-state index contributed by atoms with van der Waals surface area (Å²) in [6.45, 7) is 0. The number of carboxylic acids is 1. The number of anilines is 1. The van der Waals surface area contributed by atoms with E-state index in [1.54, 1.807) is 0 Å². The van der Waals surface area contributed by atoms with Crippen LogP contribution in [0.5, 0.6) is 0 Å². The molecule has 84 valence electrons. The molecular weight excluding hydrogens is 218 g/mol. The van der Waals surface area contributed by atoms with Crippen molar-refractivity contribution in [2.24, 2.45) is 5.73 Å². The molecule has 16 heavy (non-hydrogen) atoms. The molecule has 0 bridgehead atoms. The average Bonchev–Trinajstić information content (AvgIpc) is 2.16. The van der Waals surface area contributed by atoms with E-state index in [0.717, 1.165) is 18.2 Å². The number of hydrogen-bond acceptors (Lipinski definition) is 4. The van der Waals surface area contributed by atoms with E-state index >= 15 is 0 Å². The van der Waals surface area contributed by atoms with Crippen LogP contribution in [0.4, 0.5) is 16.2 Å². The minimum absolute atomic E-state index is 0.150. The molecule has 0 aromatic heterocycles. The smallest absolute Gasteiger partial charge is 0.335 e. The minimum atomic E-state index is -1.30. The van der Waals surface area contributed by atoms with Crippen LogP contribution in [0, 0.1) is 10.1 Å². The summed E-state index contributed by atoms with van der Waals surface area (Å²) >= 11 is 0. The van der Waals surface area contributed by atoms with Crippen molar-refractivity contribution in [3.05, 3.63) is 33.9 Å². The summed E-state index contributed by atoms with van der Waals surface area (Å²) in [6, 6.07) is 2.10. The van der Waals surface area contributed by atoms with Crippen LogP contribution in [0.1, 0.15) is 10.4 Å². The highest BCUT2D eigenvalue weighted by atomic mass is 16.6. The van der Waals surface area contributed by atoms with Gasteiger partial charge in [-0.3, -0.25) is 10.1 Å². The van der Waals surface area contributed by atoms with E-state index in [1.165, 1.54) is 0 Å². The molecule has 8 heteroatoms. The van der Waals surface area contributed by atoms with Gasteiger partial charge in [0, 0.05) is 6.07 Å². The highest BCUT2D eigenvalue weighted by Gasteiger charge is 2.17. The van der Waals surface area contributed by atoms with Crippen molar-refractivity contribution in [3.8, 4) is 0 Å². The van der Waals surface area contributed by atoms with E-state index < -0.39 is 22.6 Å². The Kier molecular flexibility index (Phi) is 3.04. The van der Waals surface area contributed by atoms with Crippen LogP contribution in [0.25, 0.3) is 0 Å². The number of benzene rings is 1. The van der Waals surface area contributed by atoms with Gasteiger partial charge < -0.3 is 16.2 Å². The second-order valence-corrected chi connectivity index (χ2v) is 2.78. The molecule has 0 unspecified atom stereocenters. The van der Waals surface area contributed by atoms with Gasteiger partial charge in [-0.2, -0.15) is 0 Å². The van der Waals surface area contributed by atoms with Crippen molar-refractivity contribution in [3.63, 3.8) is 0 Å². The summed E-state index contributed by atoms with van der Waals surface area (Å²) in [5.41, 5.74) is 3.87. The summed E-state index contributed by atoms with van der Waals surface area (Å²) in [7, 11) is 0. The van der Waals surface area contributed by atoms with Gasteiger partial charge in [0.2, 0.25) is 0 Å². The molecule has 2 amide bonds. The fourth-order valence-electron chi connectivity index (χ4n) is 1.05. The van der Waals surface area contributed by atoms with Crippen LogP contribution in [0.2, 0.25) is 0 Å². The number of carbonyl (C=O) groups is 2. The maximum absolute atomic E-state index is 10.6. The summed E-state index contributed by atoms with van der Waals surface area (Å²) in [5.74, 6) is -1.30. The SMILES string of the molecule is NC(=O)Nc1ccc(C(=O)O)cc1[N+](=O)[O-]. The Labute approximate surface area is 88.8 Å². The van der Waals surface area contributed by atoms with E-state index in [-0.39, 0.29) is 11.3 Å². The number of nitro benzene ring substituents is 1. The number of nitro groups is 1. The molecule has 4 N–H and O–H groups in total. The van der Waals surface area contributed by atoms with E-state index in [9.17, 15) is 19.7 Å². The molecule has 0 saturated heterocycles. The Bertz CT molecular complexity index is 471. The maximum Gasteiger partial charge on any atom is 0.335 e. The molecule has 0 spiro atoms. The normalized spacial score (nSPS) is 9.50. The van der Waals surface area contributed by atoms with Gasteiger partial charge in [0.05, 0.1) is 10.5 Å². The molecule has 0 saturated carbocycles. The van der Waals surface area contributed by atoms with Crippen molar-refractivity contribution >= 4 is 23.4 Å². The molecule has 0 heterocycles. The van der Waals surface area contributed by atoms with E-state index in [1.807, 2.05) is 5.32 Å². The maximum atomic E-state index is 10.6. The Morgan fingerprint density at radius 1 is 1.44 bits per heavy atom. The van der Waals surface area contributed by atoms with Gasteiger partial charge >= 0.3 is 12.0 Å². The van der Waals surface area contributed by atoms with Gasteiger partial charge in [0.1, 0.15) is 5.69 Å². The standard InChI is InChI=1S/C8H7N3O5/c9-8(14)10-5-2-1-4(7(12)13)3-6(5)11(15)16/h1-3H,(H,12,13)(H3,9,10,14). The van der Waals surface area contributed by atoms with Gasteiger partial charge in [0.25, 0.3) is 5.69 Å². The average molecular weight is 225 g/mol. The Morgan fingerprint density at radius 2 is 2.06 bits per heavy atom. The number of primary amides is 1. The van der Waals surface area contributed by atoms with E-state index in [4.69, 9.17) is 10.8 Å². The topological polar surface area (TPSA) is 136 Å². The molecule has 0 radical (unpaired) electrons. The van der Waals surface area contributed by atoms with Crippen LogP contribution in [0.15, 0.2) is 18.2 Å². The van der Waals surface area contributed by atoms with Crippen LogP contribution in [0.3, 0.4) is 0 Å². The number of carboxylic acid groups (broad SMARTS) is 1. The lowest BCUT2D eigenvalue weighted by atomic mass is 10.2. The molecule has 0 fully saturated rings. The molecule has 1 aromatic carbocycles. The number of rotatable bonds is 3. The van der Waals surface area contributed by atoms with Gasteiger partial charge in [-0.1, -0.05) is 0 Å². The number of carbonyl (C=O) groups excluding carboxylic acids is 1. The van der Waals surface area contributed by atoms with Crippen LogP contribution in [-0.2, 0) is 0 Å². The van der Waals surface area contributed by atoms with Crippen LogP contribution < -0.4 is 11.1 Å². The van der Waals surface area contributed by atoms with Crippen molar-refractivity contribution in [2.45, 2.75) is 0 Å². The summed E-state index contributed by atoms with van der Waals surface area (Å²) < 4.78 is 0. The fourth-order valence-corrected chi connectivity index (χ4v) is 1.05. The number of amides is 2. The lowest BCUT2D eigenvalue weighted by molar-refractivity contribution is -0.383. The van der Waals surface area contributed by atoms with E-state index in [2.05, 4.69) is 0 Å². The molecule has 0 aliphatic rings. The minimum Gasteiger partial charge on any atom is -0.478 e. The number of nitrogens with zero attached hydrogens (tertiary/aromatic N) is 1. The zero-order valence-corrected chi connectivity index (χ0v) is 7.84. The van der Waals surface area contributed by atoms with Gasteiger partial charge in [-0.25, -0.2) is 9.59 Å². The third kappa shape index (κ3) is 2.44. The first-order valence-electron chi connectivity index (χ1n) is 4.00. The molecule has 1 rings (SSSR count). The van der Waals surface area contributed by atoms with Crippen molar-refractivity contribution < 1.29 is 19.6 Å². The fraction of sp³-hybridized carbons (Fsp3) is 0. The zero-order chi connectivity index (χ0) is 12.3. The third-order valence-corrected chi connectivity index (χ3v) is 1.70. The number of nitrogens with two attached hydrogens (primary N) is 1. The number of nitrogens with one attached hydrogen (secondary N) is 1. The van der Waals surface area contributed by atoms with Crippen molar-refractivity contribution in [1.29, 1.82) is 0 Å². The van der Waals surface area contributed by atoms with Crippen LogP contribution in [-0.4, -0.2) is 22.0 Å². The highest BCUT2D eigenvalue weighted by Crippen LogP contribution is 2.25. The quantitative estimate of drug-likeness (QED) is 0.515. The van der Waals surface area contributed by atoms with Crippen molar-refractivity contribution in [2.75, 3.05) is 5.32 Å². The first-order valence-corrected chi connectivity index (χ1v) is 4.00. The molecule has 0 aliphatic heterocycles. The molecule has 0 atom stereocenters. The monoisotopic (exact) mass is 225 g/mol. The second kappa shape index (κ2) is 4.26. The summed E-state index contributed by atoms with van der Waals surface area (Å²) in [6.07, 6.45) is 0. The highest BCUT2D eigenvalue weighted by molar-refractivity contribution is 5.94. The lowest BCUT2D eigenvalue weighted by Crippen LogP contribution is -2.20. The number of urea groups is 1.